The van der Waals surface area contributed by atoms with Crippen molar-refractivity contribution in [3.8, 4) is 0 Å². The third-order valence-corrected chi connectivity index (χ3v) is 7.15. The summed E-state index contributed by atoms with van der Waals surface area (Å²) in [6.07, 6.45) is 5.61. The average Bonchev–Trinajstić information content (AvgIpc) is 3.38. The Balaban J connectivity index is 1.87. The number of rotatable bonds is 9. The molecule has 2 aromatic heterocycles. The molecule has 0 aliphatic carbocycles. The molecule has 0 spiro atoms. The Morgan fingerprint density at radius 1 is 1.21 bits per heavy atom. The van der Waals surface area contributed by atoms with Gasteiger partial charge in [0.15, 0.2) is 5.13 Å². The van der Waals surface area contributed by atoms with Gasteiger partial charge in [0, 0.05) is 28.9 Å². The third kappa shape index (κ3) is 5.23. The van der Waals surface area contributed by atoms with E-state index in [0.29, 0.717) is 6.54 Å². The van der Waals surface area contributed by atoms with Gasteiger partial charge in [-0.05, 0) is 55.1 Å². The monoisotopic (exact) mass is 431 g/mol. The fourth-order valence-corrected chi connectivity index (χ4v) is 5.01. The highest BCUT2D eigenvalue weighted by Gasteiger charge is 2.19. The topological polar surface area (TPSA) is 36.4 Å². The number of fused-ring (bicyclic) bond motifs is 1. The molecule has 2 heterocycles. The van der Waals surface area contributed by atoms with Gasteiger partial charge in [-0.2, -0.15) is 0 Å². The van der Waals surface area contributed by atoms with Crippen LogP contribution in [0.4, 0.5) is 5.13 Å². The second-order valence-corrected chi connectivity index (χ2v) is 9.06. The van der Waals surface area contributed by atoms with Crippen LogP contribution < -0.4 is 4.90 Å². The predicted octanol–water partition coefficient (Wildman–Crippen LogP) is 5.47. The molecule has 1 amide bonds. The average molecular weight is 432 g/mol. The number of amides is 1. The van der Waals surface area contributed by atoms with Crippen LogP contribution >= 0.6 is 34.4 Å². The number of nitrogens with zero attached hydrogens (tertiary/aromatic N) is 3. The fourth-order valence-electron chi connectivity index (χ4n) is 2.85. The Bertz CT molecular complexity index is 930. The molecule has 0 N–H and O–H groups in total. The summed E-state index contributed by atoms with van der Waals surface area (Å²) in [5.74, 6) is -0.0234. The van der Waals surface area contributed by atoms with Crippen molar-refractivity contribution in [1.82, 2.24) is 9.88 Å². The Kier molecular flexibility index (Phi) is 7.67. The maximum absolute atomic E-state index is 13.0. The Hall–Kier alpha value is -1.67. The van der Waals surface area contributed by atoms with Crippen LogP contribution in [0, 0.1) is 0 Å². The lowest BCUT2D eigenvalue weighted by molar-refractivity contribution is -0.114. The zero-order valence-electron chi connectivity index (χ0n) is 16.4. The van der Waals surface area contributed by atoms with Crippen LogP contribution in [0.5, 0.6) is 0 Å². The smallest absolute Gasteiger partial charge is 0.252 e. The normalized spacial score (nSPS) is 11.7. The minimum atomic E-state index is -0.0234. The summed E-state index contributed by atoms with van der Waals surface area (Å²) in [7, 11) is 0. The van der Waals surface area contributed by atoms with Crippen molar-refractivity contribution >= 4 is 61.8 Å². The van der Waals surface area contributed by atoms with E-state index in [-0.39, 0.29) is 5.91 Å². The van der Waals surface area contributed by atoms with Crippen molar-refractivity contribution in [2.24, 2.45) is 0 Å². The lowest BCUT2D eigenvalue weighted by Gasteiger charge is -2.23. The summed E-state index contributed by atoms with van der Waals surface area (Å²) in [5, 5.41) is 2.78. The van der Waals surface area contributed by atoms with Gasteiger partial charge in [0.1, 0.15) is 0 Å². The van der Waals surface area contributed by atoms with Gasteiger partial charge in [0.25, 0.3) is 5.91 Å². The molecule has 148 valence electrons. The molecule has 0 radical (unpaired) electrons. The molecule has 0 bridgehead atoms. The van der Waals surface area contributed by atoms with Gasteiger partial charge in [-0.1, -0.05) is 31.3 Å². The van der Waals surface area contributed by atoms with E-state index in [2.05, 4.69) is 37.1 Å². The van der Waals surface area contributed by atoms with Crippen molar-refractivity contribution in [1.29, 1.82) is 0 Å². The largest absolute Gasteiger partial charge is 0.302 e. The number of benzene rings is 1. The van der Waals surface area contributed by atoms with Crippen LogP contribution in [0.15, 0.2) is 46.7 Å². The van der Waals surface area contributed by atoms with E-state index in [0.717, 1.165) is 39.9 Å². The minimum Gasteiger partial charge on any atom is -0.302 e. The van der Waals surface area contributed by atoms with Crippen LogP contribution in [0.1, 0.15) is 18.7 Å². The van der Waals surface area contributed by atoms with Crippen LogP contribution in [0.2, 0.25) is 0 Å². The lowest BCUT2D eigenvalue weighted by atomic mass is 10.3. The minimum absolute atomic E-state index is 0.0234. The van der Waals surface area contributed by atoms with Gasteiger partial charge in [-0.15, -0.1) is 23.1 Å². The summed E-state index contributed by atoms with van der Waals surface area (Å²) in [5.41, 5.74) is 0.945. The number of thioether (sulfide) groups is 1. The van der Waals surface area contributed by atoms with Gasteiger partial charge >= 0.3 is 0 Å². The summed E-state index contributed by atoms with van der Waals surface area (Å²) in [6, 6.07) is 10.3. The van der Waals surface area contributed by atoms with Gasteiger partial charge in [0.2, 0.25) is 0 Å². The maximum atomic E-state index is 13.0. The number of hydrogen-bond donors (Lipinski definition) is 0. The molecule has 0 aliphatic heterocycles. The first-order valence-corrected chi connectivity index (χ1v) is 12.3. The molecule has 3 aromatic rings. The van der Waals surface area contributed by atoms with Crippen LogP contribution in [0.25, 0.3) is 16.3 Å². The maximum Gasteiger partial charge on any atom is 0.252 e. The second kappa shape index (κ2) is 10.2. The van der Waals surface area contributed by atoms with Crippen molar-refractivity contribution < 1.29 is 4.79 Å². The van der Waals surface area contributed by atoms with E-state index in [1.807, 2.05) is 34.6 Å². The summed E-state index contributed by atoms with van der Waals surface area (Å²) >= 11 is 4.92. The SMILES string of the molecule is CCN(CC)CCN(C(=O)/C=C/c1cccs1)c1nc2ccc(SC)cc2s1. The molecule has 1 aromatic carbocycles. The number of hydrogen-bond acceptors (Lipinski definition) is 6. The summed E-state index contributed by atoms with van der Waals surface area (Å²) in [6.45, 7) is 7.70. The molecule has 28 heavy (non-hydrogen) atoms. The van der Waals surface area contributed by atoms with Gasteiger partial charge in [0.05, 0.1) is 10.2 Å². The van der Waals surface area contributed by atoms with E-state index in [1.54, 1.807) is 40.5 Å². The van der Waals surface area contributed by atoms with Crippen LogP contribution in [0.3, 0.4) is 0 Å². The van der Waals surface area contributed by atoms with Crippen LogP contribution in [-0.2, 0) is 4.79 Å². The molecule has 3 rings (SSSR count). The van der Waals surface area contributed by atoms with Crippen molar-refractivity contribution in [3.63, 3.8) is 0 Å². The fraction of sp³-hybridized carbons (Fsp3) is 0.333. The predicted molar refractivity (Wildman–Crippen MR) is 125 cm³/mol. The van der Waals surface area contributed by atoms with E-state index in [9.17, 15) is 4.79 Å². The molecule has 0 aliphatic rings. The van der Waals surface area contributed by atoms with E-state index in [4.69, 9.17) is 4.98 Å². The first-order chi connectivity index (χ1) is 13.6. The number of aromatic nitrogens is 1. The lowest BCUT2D eigenvalue weighted by Crippen LogP contribution is -2.38. The van der Waals surface area contributed by atoms with Gasteiger partial charge in [-0.25, -0.2) is 4.98 Å². The Morgan fingerprint density at radius 2 is 2.04 bits per heavy atom. The number of carbonyl (C=O) groups is 1. The molecular formula is C21H25N3OS3. The molecule has 7 heteroatoms. The van der Waals surface area contributed by atoms with Crippen molar-refractivity contribution in [2.75, 3.05) is 37.3 Å². The molecule has 0 atom stereocenters. The summed E-state index contributed by atoms with van der Waals surface area (Å²) in [4.78, 5) is 24.2. The Labute approximate surface area is 178 Å². The number of thiophene rings is 1. The number of thiazole rings is 1. The van der Waals surface area contributed by atoms with Gasteiger partial charge < -0.3 is 4.90 Å². The highest BCUT2D eigenvalue weighted by Crippen LogP contribution is 2.31. The first kappa shape index (κ1) is 21.0. The third-order valence-electron chi connectivity index (χ3n) is 4.55. The first-order valence-electron chi connectivity index (χ1n) is 9.34. The van der Waals surface area contributed by atoms with Crippen molar-refractivity contribution in [3.05, 3.63) is 46.7 Å². The number of carbonyl (C=O) groups excluding carboxylic acids is 1. The van der Waals surface area contributed by atoms with E-state index < -0.39 is 0 Å². The van der Waals surface area contributed by atoms with Gasteiger partial charge in [-0.3, -0.25) is 9.69 Å². The van der Waals surface area contributed by atoms with Crippen LogP contribution in [-0.4, -0.2) is 48.2 Å². The summed E-state index contributed by atoms with van der Waals surface area (Å²) < 4.78 is 1.12. The molecule has 0 unspecified atom stereocenters. The van der Waals surface area contributed by atoms with E-state index >= 15 is 0 Å². The Morgan fingerprint density at radius 3 is 2.71 bits per heavy atom. The number of likely N-dealkylation sites (N-methyl/N-ethyl adjacent to an activating group) is 1. The van der Waals surface area contributed by atoms with Crippen molar-refractivity contribution in [2.45, 2.75) is 18.7 Å². The molecular weight excluding hydrogens is 406 g/mol. The van der Waals surface area contributed by atoms with E-state index in [1.165, 1.54) is 4.90 Å². The molecule has 4 nitrogen and oxygen atoms in total. The second-order valence-electron chi connectivity index (χ2n) is 6.20. The quantitative estimate of drug-likeness (QED) is 0.333. The standard InChI is InChI=1S/C21H25N3OS3/c1-4-23(5-2)12-13-24(20(25)11-9-16-7-6-14-27-16)21-22-18-10-8-17(26-3)15-19(18)28-21/h6-11,14-15H,4-5,12-13H2,1-3H3/b11-9+. The highest BCUT2D eigenvalue weighted by atomic mass is 32.2. The number of anilines is 1. The zero-order chi connectivity index (χ0) is 19.9. The zero-order valence-corrected chi connectivity index (χ0v) is 18.9. The molecule has 0 saturated carbocycles. The highest BCUT2D eigenvalue weighted by molar-refractivity contribution is 7.98. The molecule has 0 saturated heterocycles. The molecule has 0 fully saturated rings.